The maximum absolute atomic E-state index is 10.5. The van der Waals surface area contributed by atoms with E-state index in [0.29, 0.717) is 6.42 Å². The molecule has 2 heteroatoms. The van der Waals surface area contributed by atoms with Crippen LogP contribution in [-0.2, 0) is 4.79 Å². The predicted octanol–water partition coefficient (Wildman–Crippen LogP) is 1.77. The van der Waals surface area contributed by atoms with Gasteiger partial charge in [-0.3, -0.25) is 4.79 Å². The summed E-state index contributed by atoms with van der Waals surface area (Å²) in [6.07, 6.45) is 4.20. The van der Waals surface area contributed by atoms with Gasteiger partial charge in [0.1, 0.15) is 0 Å². The predicted molar refractivity (Wildman–Crippen MR) is 47.0 cm³/mol. The van der Waals surface area contributed by atoms with Gasteiger partial charge in [0, 0.05) is 0 Å². The van der Waals surface area contributed by atoms with E-state index in [4.69, 9.17) is 5.73 Å². The molecule has 0 radical (unpaired) electrons. The van der Waals surface area contributed by atoms with E-state index in [9.17, 15) is 4.79 Å². The van der Waals surface area contributed by atoms with Crippen LogP contribution in [-0.4, -0.2) is 5.91 Å². The number of hydrogen-bond donors (Lipinski definition) is 1. The molecule has 0 aliphatic heterocycles. The molecule has 0 atom stereocenters. The summed E-state index contributed by atoms with van der Waals surface area (Å²) in [6, 6.07) is 0. The molecule has 2 N–H and O–H groups in total. The van der Waals surface area contributed by atoms with Crippen molar-refractivity contribution in [3.63, 3.8) is 0 Å². The molecule has 11 heavy (non-hydrogen) atoms. The van der Waals surface area contributed by atoms with Crippen molar-refractivity contribution in [1.29, 1.82) is 0 Å². The summed E-state index contributed by atoms with van der Waals surface area (Å²) < 4.78 is 0. The average Bonchev–Trinajstić information content (AvgIpc) is 1.84. The van der Waals surface area contributed by atoms with Gasteiger partial charge >= 0.3 is 0 Å². The third-order valence-electron chi connectivity index (χ3n) is 1.22. The molecule has 0 spiro atoms. The highest BCUT2D eigenvalue weighted by atomic mass is 16.1. The highest BCUT2D eigenvalue weighted by molar-refractivity contribution is 5.77. The first-order valence-electron chi connectivity index (χ1n) is 3.64. The van der Waals surface area contributed by atoms with Gasteiger partial charge in [-0.15, -0.1) is 0 Å². The van der Waals surface area contributed by atoms with Crippen LogP contribution in [0.5, 0.6) is 0 Å². The minimum atomic E-state index is -0.282. The highest BCUT2D eigenvalue weighted by Crippen LogP contribution is 2.05. The van der Waals surface area contributed by atoms with Crippen molar-refractivity contribution in [2.45, 2.75) is 27.2 Å². The van der Waals surface area contributed by atoms with E-state index in [0.717, 1.165) is 5.57 Å². The third kappa shape index (κ3) is 5.40. The zero-order chi connectivity index (χ0) is 8.85. The van der Waals surface area contributed by atoms with E-state index in [-0.39, 0.29) is 5.91 Å². The second-order valence-electron chi connectivity index (χ2n) is 2.73. The molecule has 0 saturated carbocycles. The fraction of sp³-hybridized carbons (Fsp3) is 0.444. The maximum Gasteiger partial charge on any atom is 0.221 e. The second kappa shape index (κ2) is 4.72. The van der Waals surface area contributed by atoms with Crippen LogP contribution in [0.25, 0.3) is 0 Å². The molecule has 0 aliphatic carbocycles. The lowest BCUT2D eigenvalue weighted by atomic mass is 10.1. The molecular weight excluding hydrogens is 138 g/mol. The highest BCUT2D eigenvalue weighted by Gasteiger charge is 1.96. The van der Waals surface area contributed by atoms with E-state index >= 15 is 0 Å². The van der Waals surface area contributed by atoms with Gasteiger partial charge in [-0.2, -0.15) is 0 Å². The molecule has 0 saturated heterocycles. The third-order valence-corrected chi connectivity index (χ3v) is 1.22. The Bertz CT molecular complexity index is 198. The molecule has 1 amide bonds. The van der Waals surface area contributed by atoms with Gasteiger partial charge in [0.05, 0.1) is 6.42 Å². The van der Waals surface area contributed by atoms with Crippen LogP contribution < -0.4 is 5.73 Å². The molecule has 0 aromatic carbocycles. The van der Waals surface area contributed by atoms with Crippen LogP contribution in [0.2, 0.25) is 0 Å². The minimum absolute atomic E-state index is 0.282. The lowest BCUT2D eigenvalue weighted by Crippen LogP contribution is -2.10. The van der Waals surface area contributed by atoms with Crippen molar-refractivity contribution in [2.24, 2.45) is 5.73 Å². The molecular formula is C9H15NO. The number of amides is 1. The van der Waals surface area contributed by atoms with E-state index < -0.39 is 0 Å². The molecule has 0 aromatic rings. The van der Waals surface area contributed by atoms with Crippen molar-refractivity contribution in [1.82, 2.24) is 0 Å². The molecule has 0 fully saturated rings. The summed E-state index contributed by atoms with van der Waals surface area (Å²) in [7, 11) is 0. The van der Waals surface area contributed by atoms with E-state index in [1.165, 1.54) is 5.57 Å². The summed E-state index contributed by atoms with van der Waals surface area (Å²) >= 11 is 0. The largest absolute Gasteiger partial charge is 0.369 e. The van der Waals surface area contributed by atoms with Crippen LogP contribution in [0.4, 0.5) is 0 Å². The Kier molecular flexibility index (Phi) is 4.27. The Hall–Kier alpha value is -1.05. The maximum atomic E-state index is 10.5. The lowest BCUT2D eigenvalue weighted by Gasteiger charge is -1.97. The number of rotatable bonds is 3. The van der Waals surface area contributed by atoms with E-state index in [2.05, 4.69) is 0 Å². The van der Waals surface area contributed by atoms with E-state index in [1.54, 1.807) is 0 Å². The Morgan fingerprint density at radius 2 is 2.00 bits per heavy atom. The Morgan fingerprint density at radius 3 is 2.27 bits per heavy atom. The number of primary amides is 1. The first kappa shape index (κ1) is 9.95. The van der Waals surface area contributed by atoms with Crippen LogP contribution in [0.1, 0.15) is 27.2 Å². The number of carbonyl (C=O) groups excluding carboxylic acids is 1. The lowest BCUT2D eigenvalue weighted by molar-refractivity contribution is -0.117. The molecule has 0 aromatic heterocycles. The van der Waals surface area contributed by atoms with Gasteiger partial charge in [0.15, 0.2) is 0 Å². The summed E-state index contributed by atoms with van der Waals surface area (Å²) in [6.45, 7) is 5.88. The van der Waals surface area contributed by atoms with Crippen molar-refractivity contribution < 1.29 is 4.79 Å². The number of nitrogens with two attached hydrogens (primary N) is 1. The van der Waals surface area contributed by atoms with Crippen LogP contribution >= 0.6 is 0 Å². The van der Waals surface area contributed by atoms with Crippen molar-refractivity contribution >= 4 is 5.91 Å². The summed E-state index contributed by atoms with van der Waals surface area (Å²) in [4.78, 5) is 10.5. The summed E-state index contributed by atoms with van der Waals surface area (Å²) in [5.41, 5.74) is 7.20. The standard InChI is InChI=1S/C9H15NO/c1-4-8(5-7(2)3)6-9(10)11/h4-5H,6H2,1-3H3,(H2,10,11). The SMILES string of the molecule is CC=C(C=C(C)C)CC(N)=O. The molecule has 62 valence electrons. The van der Waals surface area contributed by atoms with Gasteiger partial charge < -0.3 is 5.73 Å². The fourth-order valence-corrected chi connectivity index (χ4v) is 0.808. The van der Waals surface area contributed by atoms with Gasteiger partial charge in [0.25, 0.3) is 0 Å². The molecule has 0 unspecified atom stereocenters. The average molecular weight is 153 g/mol. The quantitative estimate of drug-likeness (QED) is 0.617. The first-order valence-corrected chi connectivity index (χ1v) is 3.64. The summed E-state index contributed by atoms with van der Waals surface area (Å²) in [5, 5.41) is 0. The Balaban J connectivity index is 4.22. The Labute approximate surface area is 67.8 Å². The zero-order valence-corrected chi connectivity index (χ0v) is 7.35. The van der Waals surface area contributed by atoms with Crippen molar-refractivity contribution in [3.8, 4) is 0 Å². The Morgan fingerprint density at radius 1 is 1.45 bits per heavy atom. The zero-order valence-electron chi connectivity index (χ0n) is 7.35. The fourth-order valence-electron chi connectivity index (χ4n) is 0.808. The monoisotopic (exact) mass is 153 g/mol. The van der Waals surface area contributed by atoms with E-state index in [1.807, 2.05) is 32.9 Å². The van der Waals surface area contributed by atoms with Gasteiger partial charge in [-0.05, 0) is 26.3 Å². The minimum Gasteiger partial charge on any atom is -0.369 e. The second-order valence-corrected chi connectivity index (χ2v) is 2.73. The summed E-state index contributed by atoms with van der Waals surface area (Å²) in [5.74, 6) is -0.282. The van der Waals surface area contributed by atoms with Gasteiger partial charge in [-0.1, -0.05) is 17.7 Å². The topological polar surface area (TPSA) is 43.1 Å². The van der Waals surface area contributed by atoms with Crippen LogP contribution in [0.3, 0.4) is 0 Å². The van der Waals surface area contributed by atoms with Gasteiger partial charge in [0.2, 0.25) is 5.91 Å². The molecule has 0 rings (SSSR count). The molecule has 0 heterocycles. The molecule has 2 nitrogen and oxygen atoms in total. The first-order chi connectivity index (χ1) is 5.06. The van der Waals surface area contributed by atoms with Crippen LogP contribution in [0, 0.1) is 0 Å². The number of carbonyl (C=O) groups is 1. The molecule has 0 aliphatic rings. The van der Waals surface area contributed by atoms with Gasteiger partial charge in [-0.25, -0.2) is 0 Å². The molecule has 0 bridgehead atoms. The number of allylic oxidation sites excluding steroid dienone is 3. The van der Waals surface area contributed by atoms with Crippen molar-refractivity contribution in [2.75, 3.05) is 0 Å². The van der Waals surface area contributed by atoms with Crippen molar-refractivity contribution in [3.05, 3.63) is 23.3 Å². The smallest absolute Gasteiger partial charge is 0.221 e. The normalized spacial score (nSPS) is 11.0. The van der Waals surface area contributed by atoms with Crippen LogP contribution in [0.15, 0.2) is 23.3 Å². The number of hydrogen-bond acceptors (Lipinski definition) is 1.